The second-order valence-corrected chi connectivity index (χ2v) is 5.46. The van der Waals surface area contributed by atoms with E-state index in [0.29, 0.717) is 5.92 Å². The van der Waals surface area contributed by atoms with E-state index in [2.05, 4.69) is 29.8 Å². The maximum atomic E-state index is 9.27. The third kappa shape index (κ3) is 2.41. The van der Waals surface area contributed by atoms with E-state index in [9.17, 15) is 5.26 Å². The lowest BCUT2D eigenvalue weighted by molar-refractivity contribution is 0.275. The third-order valence-electron chi connectivity index (χ3n) is 3.57. The summed E-state index contributed by atoms with van der Waals surface area (Å²) < 4.78 is 0. The van der Waals surface area contributed by atoms with Gasteiger partial charge in [-0.15, -0.1) is 0 Å². The molecular formula is C13H17NS. The number of nitriles is 1. The molecule has 15 heavy (non-hydrogen) atoms. The average molecular weight is 219 g/mol. The van der Waals surface area contributed by atoms with Crippen molar-refractivity contribution in [2.45, 2.75) is 38.5 Å². The van der Waals surface area contributed by atoms with E-state index < -0.39 is 0 Å². The molecule has 0 aliphatic heterocycles. The Morgan fingerprint density at radius 3 is 2.67 bits per heavy atom. The van der Waals surface area contributed by atoms with Gasteiger partial charge in [-0.3, -0.25) is 0 Å². The lowest BCUT2D eigenvalue weighted by Crippen LogP contribution is -2.18. The molecule has 0 saturated heterocycles. The molecule has 1 saturated carbocycles. The highest BCUT2D eigenvalue weighted by Gasteiger charge is 2.27. The van der Waals surface area contributed by atoms with Gasteiger partial charge in [0.2, 0.25) is 0 Å². The molecule has 0 amide bonds. The highest BCUT2D eigenvalue weighted by atomic mass is 32.1. The first-order chi connectivity index (χ1) is 7.31. The first-order valence-electron chi connectivity index (χ1n) is 5.73. The molecule has 0 bridgehead atoms. The van der Waals surface area contributed by atoms with Gasteiger partial charge in [0, 0.05) is 0 Å². The van der Waals surface area contributed by atoms with Gasteiger partial charge in [0.05, 0.1) is 12.0 Å². The highest BCUT2D eigenvalue weighted by molar-refractivity contribution is 7.08. The molecule has 1 aromatic rings. The predicted octanol–water partition coefficient (Wildman–Crippen LogP) is 4.18. The lowest BCUT2D eigenvalue weighted by atomic mass is 9.75. The Hall–Kier alpha value is -0.810. The zero-order chi connectivity index (χ0) is 10.7. The van der Waals surface area contributed by atoms with Crippen LogP contribution in [0, 0.1) is 23.2 Å². The summed E-state index contributed by atoms with van der Waals surface area (Å²) in [4.78, 5) is 0. The monoisotopic (exact) mass is 219 g/mol. The Balaban J connectivity index is 2.05. The Morgan fingerprint density at radius 2 is 2.13 bits per heavy atom. The number of thiophene rings is 1. The van der Waals surface area contributed by atoms with Crippen molar-refractivity contribution in [1.29, 1.82) is 5.26 Å². The maximum Gasteiger partial charge on any atom is 0.0748 e. The Kier molecular flexibility index (Phi) is 3.43. The minimum Gasteiger partial charge on any atom is -0.198 e. The zero-order valence-electron chi connectivity index (χ0n) is 9.15. The normalized spacial score (nSPS) is 28.3. The van der Waals surface area contributed by atoms with Crippen LogP contribution in [0.15, 0.2) is 16.8 Å². The van der Waals surface area contributed by atoms with Crippen LogP contribution in [0.3, 0.4) is 0 Å². The van der Waals surface area contributed by atoms with Crippen molar-refractivity contribution in [3.63, 3.8) is 0 Å². The minimum absolute atomic E-state index is 0.142. The molecule has 0 spiro atoms. The van der Waals surface area contributed by atoms with Gasteiger partial charge in [0.25, 0.3) is 0 Å². The molecule has 1 aliphatic carbocycles. The third-order valence-corrected chi connectivity index (χ3v) is 4.27. The van der Waals surface area contributed by atoms with Crippen LogP contribution in [-0.2, 0) is 0 Å². The molecule has 0 aromatic carbocycles. The van der Waals surface area contributed by atoms with E-state index in [1.807, 2.05) is 0 Å². The quantitative estimate of drug-likeness (QED) is 0.732. The van der Waals surface area contributed by atoms with Crippen molar-refractivity contribution >= 4 is 11.3 Å². The van der Waals surface area contributed by atoms with Crippen molar-refractivity contribution in [3.05, 3.63) is 22.4 Å². The Morgan fingerprint density at radius 1 is 1.40 bits per heavy atom. The molecule has 1 aliphatic rings. The lowest BCUT2D eigenvalue weighted by Gasteiger charge is -2.28. The largest absolute Gasteiger partial charge is 0.198 e. The summed E-state index contributed by atoms with van der Waals surface area (Å²) in [6, 6.07) is 4.60. The minimum atomic E-state index is 0.142. The van der Waals surface area contributed by atoms with Gasteiger partial charge in [0.1, 0.15) is 0 Å². The molecule has 1 nitrogen and oxygen atoms in total. The van der Waals surface area contributed by atoms with Crippen molar-refractivity contribution in [2.75, 3.05) is 0 Å². The standard InChI is InChI=1S/C13H17NS/c1-10-2-4-11(5-3-10)13(8-14)12-6-7-15-9-12/h6-7,9-11,13H,2-5H2,1H3. The smallest absolute Gasteiger partial charge is 0.0748 e. The molecule has 0 radical (unpaired) electrons. The Labute approximate surface area is 95.7 Å². The van der Waals surface area contributed by atoms with Crippen LogP contribution in [0.5, 0.6) is 0 Å². The fraction of sp³-hybridized carbons (Fsp3) is 0.615. The zero-order valence-corrected chi connectivity index (χ0v) is 9.96. The first kappa shape index (κ1) is 10.7. The van der Waals surface area contributed by atoms with Gasteiger partial charge < -0.3 is 0 Å². The molecular weight excluding hydrogens is 202 g/mol. The van der Waals surface area contributed by atoms with Crippen LogP contribution >= 0.6 is 11.3 Å². The molecule has 1 aromatic heterocycles. The number of hydrogen-bond acceptors (Lipinski definition) is 2. The molecule has 1 heterocycles. The van der Waals surface area contributed by atoms with E-state index in [0.717, 1.165) is 5.92 Å². The van der Waals surface area contributed by atoms with Crippen LogP contribution in [0.2, 0.25) is 0 Å². The summed E-state index contributed by atoms with van der Waals surface area (Å²) in [7, 11) is 0. The molecule has 80 valence electrons. The van der Waals surface area contributed by atoms with Crippen LogP contribution < -0.4 is 0 Å². The van der Waals surface area contributed by atoms with E-state index in [1.54, 1.807) is 11.3 Å². The maximum absolute atomic E-state index is 9.27. The van der Waals surface area contributed by atoms with Gasteiger partial charge >= 0.3 is 0 Å². The van der Waals surface area contributed by atoms with Crippen LogP contribution in [-0.4, -0.2) is 0 Å². The van der Waals surface area contributed by atoms with Crippen LogP contribution in [0.25, 0.3) is 0 Å². The van der Waals surface area contributed by atoms with Crippen molar-refractivity contribution in [3.8, 4) is 6.07 Å². The fourth-order valence-corrected chi connectivity index (χ4v) is 3.22. The summed E-state index contributed by atoms with van der Waals surface area (Å²) in [5.41, 5.74) is 1.24. The second-order valence-electron chi connectivity index (χ2n) is 4.68. The molecule has 1 atom stereocenters. The van der Waals surface area contributed by atoms with E-state index in [4.69, 9.17) is 0 Å². The molecule has 2 heteroatoms. The molecule has 0 N–H and O–H groups in total. The van der Waals surface area contributed by atoms with Gasteiger partial charge in [-0.25, -0.2) is 0 Å². The predicted molar refractivity (Wildman–Crippen MR) is 63.8 cm³/mol. The molecule has 2 rings (SSSR count). The number of nitrogens with zero attached hydrogens (tertiary/aromatic N) is 1. The number of rotatable bonds is 2. The number of hydrogen-bond donors (Lipinski definition) is 0. The van der Waals surface area contributed by atoms with Gasteiger partial charge in [-0.2, -0.15) is 16.6 Å². The van der Waals surface area contributed by atoms with Crippen LogP contribution in [0.1, 0.15) is 44.1 Å². The summed E-state index contributed by atoms with van der Waals surface area (Å²) in [5, 5.41) is 13.5. The van der Waals surface area contributed by atoms with Crippen LogP contribution in [0.4, 0.5) is 0 Å². The van der Waals surface area contributed by atoms with Crippen molar-refractivity contribution in [1.82, 2.24) is 0 Å². The molecule has 1 unspecified atom stereocenters. The Bertz CT molecular complexity index is 328. The second kappa shape index (κ2) is 4.81. The first-order valence-corrected chi connectivity index (χ1v) is 6.67. The average Bonchev–Trinajstić information content (AvgIpc) is 2.75. The van der Waals surface area contributed by atoms with Gasteiger partial charge in [-0.1, -0.05) is 19.8 Å². The summed E-state index contributed by atoms with van der Waals surface area (Å²) in [6.07, 6.45) is 5.06. The summed E-state index contributed by atoms with van der Waals surface area (Å²) in [5.74, 6) is 1.60. The SMILES string of the molecule is CC1CCC(C(C#N)c2ccsc2)CC1. The van der Waals surface area contributed by atoms with E-state index >= 15 is 0 Å². The van der Waals surface area contributed by atoms with E-state index in [1.165, 1.54) is 31.2 Å². The summed E-state index contributed by atoms with van der Waals surface area (Å²) >= 11 is 1.70. The topological polar surface area (TPSA) is 23.8 Å². The van der Waals surface area contributed by atoms with Gasteiger partial charge in [0.15, 0.2) is 0 Å². The van der Waals surface area contributed by atoms with Crippen molar-refractivity contribution in [2.24, 2.45) is 11.8 Å². The highest BCUT2D eigenvalue weighted by Crippen LogP contribution is 2.38. The van der Waals surface area contributed by atoms with Crippen molar-refractivity contribution < 1.29 is 0 Å². The molecule has 1 fully saturated rings. The fourth-order valence-electron chi connectivity index (χ4n) is 2.52. The summed E-state index contributed by atoms with van der Waals surface area (Å²) in [6.45, 7) is 2.32. The van der Waals surface area contributed by atoms with E-state index in [-0.39, 0.29) is 5.92 Å². The van der Waals surface area contributed by atoms with Gasteiger partial charge in [-0.05, 0) is 47.1 Å².